The van der Waals surface area contributed by atoms with Gasteiger partial charge in [0.25, 0.3) is 5.91 Å². The van der Waals surface area contributed by atoms with Gasteiger partial charge >= 0.3 is 0 Å². The van der Waals surface area contributed by atoms with Gasteiger partial charge in [-0.2, -0.15) is 0 Å². The van der Waals surface area contributed by atoms with Crippen LogP contribution in [-0.4, -0.2) is 61.9 Å². The third kappa shape index (κ3) is 6.59. The molecule has 4 rings (SSSR count). The van der Waals surface area contributed by atoms with E-state index in [1.807, 2.05) is 36.4 Å². The summed E-state index contributed by atoms with van der Waals surface area (Å²) in [5.74, 6) is 1.10. The number of rotatable bonds is 10. The van der Waals surface area contributed by atoms with E-state index in [0.29, 0.717) is 35.5 Å². The number of benzene rings is 2. The number of likely N-dealkylation sites (N-methyl/N-ethyl adjacent to an activating group) is 1. The molecule has 1 aliphatic rings. The number of nitrogens with one attached hydrogen (secondary N) is 1. The zero-order valence-electron chi connectivity index (χ0n) is 19.3. The third-order valence-corrected chi connectivity index (χ3v) is 6.28. The molecular formula is C26H30ClN3O4. The van der Waals surface area contributed by atoms with Gasteiger partial charge in [-0.15, -0.1) is 0 Å². The summed E-state index contributed by atoms with van der Waals surface area (Å²) >= 11 is 6.21. The summed E-state index contributed by atoms with van der Waals surface area (Å²) < 4.78 is 17.1. The van der Waals surface area contributed by atoms with Crippen LogP contribution in [0.3, 0.4) is 0 Å². The maximum absolute atomic E-state index is 12.3. The second-order valence-corrected chi connectivity index (χ2v) is 8.74. The molecule has 0 radical (unpaired) electrons. The van der Waals surface area contributed by atoms with E-state index in [0.717, 1.165) is 49.3 Å². The first-order valence-electron chi connectivity index (χ1n) is 11.5. The van der Waals surface area contributed by atoms with Crippen molar-refractivity contribution in [1.29, 1.82) is 0 Å². The van der Waals surface area contributed by atoms with Gasteiger partial charge in [-0.1, -0.05) is 23.7 Å². The van der Waals surface area contributed by atoms with Gasteiger partial charge in [-0.3, -0.25) is 14.7 Å². The first kappa shape index (κ1) is 24.3. The number of aromatic nitrogens is 1. The Morgan fingerprint density at radius 1 is 1.18 bits per heavy atom. The molecule has 0 unspecified atom stereocenters. The number of fused-ring (bicyclic) bond motifs is 1. The number of pyridine rings is 1. The van der Waals surface area contributed by atoms with Crippen LogP contribution in [0.25, 0.3) is 10.9 Å². The summed E-state index contributed by atoms with van der Waals surface area (Å²) in [6, 6.07) is 15.5. The summed E-state index contributed by atoms with van der Waals surface area (Å²) in [5, 5.41) is 4.27. The van der Waals surface area contributed by atoms with E-state index in [4.69, 9.17) is 25.8 Å². The number of carbonyl (C=O) groups is 1. The van der Waals surface area contributed by atoms with Crippen molar-refractivity contribution in [2.45, 2.75) is 25.4 Å². The van der Waals surface area contributed by atoms with Crippen LogP contribution in [0.1, 0.15) is 18.4 Å². The number of hydrogen-bond acceptors (Lipinski definition) is 6. The van der Waals surface area contributed by atoms with E-state index < -0.39 is 0 Å². The molecule has 0 atom stereocenters. The Labute approximate surface area is 205 Å². The highest BCUT2D eigenvalue weighted by atomic mass is 35.5. The molecule has 0 aliphatic carbocycles. The number of carbonyl (C=O) groups excluding carboxylic acids is 1. The SMILES string of the molecule is CN(CCOc1cccc(CNC(=O)COc2ccc(Cl)c3cccnc23)c1)C1CCOCC1. The molecule has 2 heterocycles. The highest BCUT2D eigenvalue weighted by Gasteiger charge is 2.18. The summed E-state index contributed by atoms with van der Waals surface area (Å²) in [5.41, 5.74) is 1.59. The fourth-order valence-corrected chi connectivity index (χ4v) is 4.20. The van der Waals surface area contributed by atoms with Gasteiger partial charge in [-0.25, -0.2) is 0 Å². The summed E-state index contributed by atoms with van der Waals surface area (Å²) in [4.78, 5) is 19.0. The van der Waals surface area contributed by atoms with Gasteiger partial charge in [0.2, 0.25) is 0 Å². The summed E-state index contributed by atoms with van der Waals surface area (Å²) in [7, 11) is 2.14. The Balaban J connectivity index is 1.22. The molecule has 1 fully saturated rings. The van der Waals surface area contributed by atoms with Gasteiger partial charge in [0.05, 0.1) is 5.02 Å². The van der Waals surface area contributed by atoms with Gasteiger partial charge in [-0.05, 0) is 61.9 Å². The average Bonchev–Trinajstić information content (AvgIpc) is 2.88. The predicted octanol–water partition coefficient (Wildman–Crippen LogP) is 4.07. The lowest BCUT2D eigenvalue weighted by atomic mass is 10.1. The Bertz CT molecular complexity index is 1100. The smallest absolute Gasteiger partial charge is 0.258 e. The summed E-state index contributed by atoms with van der Waals surface area (Å²) in [6.07, 6.45) is 3.81. The Hall–Kier alpha value is -2.87. The van der Waals surface area contributed by atoms with Crippen molar-refractivity contribution in [1.82, 2.24) is 15.2 Å². The van der Waals surface area contributed by atoms with Crippen LogP contribution in [-0.2, 0) is 16.1 Å². The number of amides is 1. The molecule has 2 aromatic carbocycles. The lowest BCUT2D eigenvalue weighted by Crippen LogP contribution is -2.38. The monoisotopic (exact) mass is 483 g/mol. The topological polar surface area (TPSA) is 72.9 Å². The standard InChI is InChI=1S/C26H30ClN3O4/c1-30(20-9-13-32-14-10-20)12-15-33-21-5-2-4-19(16-21)17-29-25(31)18-34-24-8-7-23(27)22-6-3-11-28-26(22)24/h2-8,11,16,20H,9-10,12-15,17-18H2,1H3,(H,29,31). The predicted molar refractivity (Wildman–Crippen MR) is 133 cm³/mol. The second-order valence-electron chi connectivity index (χ2n) is 8.33. The maximum atomic E-state index is 12.3. The van der Waals surface area contributed by atoms with Gasteiger partial charge in [0.15, 0.2) is 6.61 Å². The van der Waals surface area contributed by atoms with E-state index in [1.54, 1.807) is 18.3 Å². The van der Waals surface area contributed by atoms with E-state index in [9.17, 15) is 4.79 Å². The first-order valence-corrected chi connectivity index (χ1v) is 11.9. The highest BCUT2D eigenvalue weighted by Crippen LogP contribution is 2.29. The number of ether oxygens (including phenoxy) is 3. The van der Waals surface area contributed by atoms with E-state index in [1.165, 1.54) is 0 Å². The second kappa shape index (κ2) is 12.0. The molecular weight excluding hydrogens is 454 g/mol. The molecule has 1 amide bonds. The van der Waals surface area contributed by atoms with Crippen molar-refractivity contribution in [2.75, 3.05) is 40.0 Å². The van der Waals surface area contributed by atoms with E-state index in [2.05, 4.69) is 22.2 Å². The molecule has 34 heavy (non-hydrogen) atoms. The molecule has 0 bridgehead atoms. The minimum absolute atomic E-state index is 0.109. The van der Waals surface area contributed by atoms with E-state index >= 15 is 0 Å². The molecule has 1 aliphatic heterocycles. The molecule has 0 spiro atoms. The molecule has 1 aromatic heterocycles. The van der Waals surface area contributed by atoms with Crippen LogP contribution in [0.4, 0.5) is 0 Å². The lowest BCUT2D eigenvalue weighted by Gasteiger charge is -2.31. The van der Waals surface area contributed by atoms with Crippen LogP contribution >= 0.6 is 11.6 Å². The molecule has 3 aromatic rings. The van der Waals surface area contributed by atoms with Crippen LogP contribution in [0.2, 0.25) is 5.02 Å². The van der Waals surface area contributed by atoms with Gasteiger partial charge in [0.1, 0.15) is 23.6 Å². The number of hydrogen-bond donors (Lipinski definition) is 1. The van der Waals surface area contributed by atoms with Gasteiger partial charge in [0, 0.05) is 43.9 Å². The Morgan fingerprint density at radius 2 is 2.03 bits per heavy atom. The number of halogens is 1. The minimum Gasteiger partial charge on any atom is -0.492 e. The van der Waals surface area contributed by atoms with Crippen molar-refractivity contribution < 1.29 is 19.0 Å². The number of nitrogens with zero attached hydrogens (tertiary/aromatic N) is 2. The summed E-state index contributed by atoms with van der Waals surface area (Å²) in [6.45, 7) is 3.42. The van der Waals surface area contributed by atoms with Crippen LogP contribution in [0.15, 0.2) is 54.7 Å². The molecule has 8 heteroatoms. The molecule has 180 valence electrons. The van der Waals surface area contributed by atoms with Crippen LogP contribution in [0.5, 0.6) is 11.5 Å². The van der Waals surface area contributed by atoms with Crippen molar-refractivity contribution in [3.05, 3.63) is 65.3 Å². The lowest BCUT2D eigenvalue weighted by molar-refractivity contribution is -0.123. The molecule has 1 saturated heterocycles. The minimum atomic E-state index is -0.219. The maximum Gasteiger partial charge on any atom is 0.258 e. The van der Waals surface area contributed by atoms with E-state index in [-0.39, 0.29) is 12.5 Å². The fourth-order valence-electron chi connectivity index (χ4n) is 3.98. The quantitative estimate of drug-likeness (QED) is 0.468. The van der Waals surface area contributed by atoms with Crippen LogP contribution in [0, 0.1) is 0 Å². The largest absolute Gasteiger partial charge is 0.492 e. The van der Waals surface area contributed by atoms with Crippen LogP contribution < -0.4 is 14.8 Å². The van der Waals surface area contributed by atoms with Gasteiger partial charge < -0.3 is 19.5 Å². The molecule has 7 nitrogen and oxygen atoms in total. The first-order chi connectivity index (χ1) is 16.6. The Kier molecular flexibility index (Phi) is 8.57. The fraction of sp³-hybridized carbons (Fsp3) is 0.385. The highest BCUT2D eigenvalue weighted by molar-refractivity contribution is 6.35. The molecule has 0 saturated carbocycles. The Morgan fingerprint density at radius 3 is 2.88 bits per heavy atom. The van der Waals surface area contributed by atoms with Crippen molar-refractivity contribution in [2.24, 2.45) is 0 Å². The van der Waals surface area contributed by atoms with Crippen molar-refractivity contribution in [3.8, 4) is 11.5 Å². The van der Waals surface area contributed by atoms with Crippen molar-refractivity contribution >= 4 is 28.4 Å². The zero-order valence-corrected chi connectivity index (χ0v) is 20.1. The zero-order chi connectivity index (χ0) is 23.8. The third-order valence-electron chi connectivity index (χ3n) is 5.95. The average molecular weight is 484 g/mol. The van der Waals surface area contributed by atoms with Crippen molar-refractivity contribution in [3.63, 3.8) is 0 Å². The molecule has 1 N–H and O–H groups in total. The normalized spacial score (nSPS) is 14.3.